The van der Waals surface area contributed by atoms with Crippen molar-refractivity contribution in [3.8, 4) is 11.5 Å². The molecule has 12 aromatic rings. The number of amides is 8. The van der Waals surface area contributed by atoms with Crippen LogP contribution in [-0.2, 0) is 52.4 Å². The summed E-state index contributed by atoms with van der Waals surface area (Å²) in [5.74, 6) is 5.86. The molecule has 8 heterocycles. The molecule has 0 aliphatic carbocycles. The van der Waals surface area contributed by atoms with Crippen molar-refractivity contribution < 1.29 is 59.5 Å². The summed E-state index contributed by atoms with van der Waals surface area (Å²) >= 11 is 0. The molecule has 0 saturated carbocycles. The number of nitrogens with one attached hydrogen (secondary N) is 4. The number of carbonyl (C=O) groups is 4. The van der Waals surface area contributed by atoms with Crippen LogP contribution in [0.3, 0.4) is 0 Å². The van der Waals surface area contributed by atoms with Crippen LogP contribution >= 0.6 is 0 Å². The van der Waals surface area contributed by atoms with Gasteiger partial charge in [0.1, 0.15) is 75.0 Å². The molecule has 0 atom stereocenters. The highest BCUT2D eigenvalue weighted by Crippen LogP contribution is 2.33. The Labute approximate surface area is 785 Å². The van der Waals surface area contributed by atoms with Crippen molar-refractivity contribution in [2.75, 3.05) is 87.3 Å². The largest absolute Gasteiger partial charge is 0.495 e. The predicted octanol–water partition coefficient (Wildman–Crippen LogP) is 24.8. The predicted molar refractivity (Wildman–Crippen MR) is 526 cm³/mol. The first-order valence-electron chi connectivity index (χ1n) is 44.8. The molecule has 0 unspecified atom stereocenters. The van der Waals surface area contributed by atoms with Crippen LogP contribution in [0, 0.1) is 52.1 Å². The van der Waals surface area contributed by atoms with Gasteiger partial charge < -0.3 is 68.0 Å². The molecule has 0 bridgehead atoms. The summed E-state index contributed by atoms with van der Waals surface area (Å²) in [4.78, 5) is 70.2. The summed E-state index contributed by atoms with van der Waals surface area (Å²) in [5, 5.41) is 11.4. The van der Waals surface area contributed by atoms with E-state index in [1.54, 1.807) is 35.1 Å². The minimum absolute atomic E-state index is 0. The first-order chi connectivity index (χ1) is 62.7. The molecule has 0 spiro atoms. The molecule has 8 aromatic carbocycles. The normalized spacial score (nSPS) is 14.4. The summed E-state index contributed by atoms with van der Waals surface area (Å²) in [6.45, 7) is 24.5. The van der Waals surface area contributed by atoms with Gasteiger partial charge in [0.15, 0.2) is 0 Å². The zero-order valence-corrected chi connectivity index (χ0v) is 75.0. The highest BCUT2D eigenvalue weighted by Gasteiger charge is 2.35. The van der Waals surface area contributed by atoms with Crippen LogP contribution in [0.2, 0.25) is 0 Å². The van der Waals surface area contributed by atoms with Crippen LogP contribution in [0.25, 0.3) is 0 Å². The number of furan rings is 4. The maximum atomic E-state index is 14.1. The van der Waals surface area contributed by atoms with E-state index in [9.17, 15) is 32.3 Å². The van der Waals surface area contributed by atoms with E-state index in [1.165, 1.54) is 28.3 Å². The fourth-order valence-corrected chi connectivity index (χ4v) is 17.0. The van der Waals surface area contributed by atoms with Gasteiger partial charge >= 0.3 is 24.1 Å². The third kappa shape index (κ3) is 31.4. The minimum Gasteiger partial charge on any atom is -0.495 e. The van der Waals surface area contributed by atoms with Crippen LogP contribution in [-0.4, -0.2) is 154 Å². The summed E-state index contributed by atoms with van der Waals surface area (Å²) in [6, 6.07) is 78.9. The summed E-state index contributed by atoms with van der Waals surface area (Å²) < 4.78 is 75.9. The van der Waals surface area contributed by atoms with Crippen LogP contribution < -0.4 is 30.7 Å². The number of hydrogen-bond donors (Lipinski definition) is 4. The average Bonchev–Trinajstić information content (AvgIpc) is 1.81. The SMILES string of the molecule is C.C.C.C.CCOc1ccccc1NC(=O)N(Cc1ccc(C)o1)C1CCN(Cc2ccccc2)CC1.COc1ccc(C)cc1NC(=O)N(Cc1ccc(C)o1)C1CCN(Cc2ccccc2)CC1.Cc1ccc(CN(C(=O)Nc2cc(F)ccc2F)C2CCN(Cc3ccccc3)CC2)o1.Cc1ccc(CN(C(=O)Nc2ccccc2F)C2CCN(Cc3ccccc3)CC2)o1. The Morgan fingerprint density at radius 2 is 0.624 bits per heavy atom. The fraction of sp³-hybridized carbons (Fsp3) is 0.370. The molecule has 4 aliphatic rings. The molecule has 4 fully saturated rings. The van der Waals surface area contributed by atoms with E-state index >= 15 is 0 Å². The number of methoxy groups -OCH3 is 1. The first kappa shape index (κ1) is 104. The Morgan fingerprint density at radius 3 is 0.940 bits per heavy atom. The monoisotopic (exact) mass is 1820 g/mol. The number of aryl methyl sites for hydroxylation is 5. The molecule has 4 saturated heterocycles. The minimum atomic E-state index is -0.675. The topological polar surface area (TPSA) is 213 Å². The fourth-order valence-electron chi connectivity index (χ4n) is 17.0. The molecule has 22 nitrogen and oxygen atoms in total. The number of halogens is 3. The van der Waals surface area contributed by atoms with Gasteiger partial charge in [0.05, 0.1) is 62.6 Å². The van der Waals surface area contributed by atoms with Crippen molar-refractivity contribution in [3.63, 3.8) is 0 Å². The standard InChI is InChI=1S/2C27H33N3O3.C25H27F2N3O2.C25H28FN3O2.4CH4/c1-20-9-12-26(32-3)25(17-20)28-27(31)30(19-24-11-10-21(2)33-24)23-13-15-29(16-14-23)18-22-7-5-4-6-8-22;1-3-32-26-12-8-7-11-25(26)28-27(31)30(20-24-14-13-21(2)33-24)23-15-17-29(18-16-23)19-22-9-5-4-6-10-22;1-18-7-9-22(32-18)17-30(25(31)28-24-15-20(26)8-10-23(24)27)21-11-13-29(14-12-21)16-19-5-3-2-4-6-19;1-19-11-12-22(31-19)18-29(25(30)27-24-10-6-5-9-23(24)26)21-13-15-28(16-14-21)17-20-7-3-2-4-8-20;;;;/h4-12,17,23H,13-16,18-19H2,1-3H3,(H,28,31);4-14,23H,3,15-20H2,1-2H3,(H,28,31);2-10,15,21H,11-14,16-17H2,1H3,(H,28,31);2-12,21H,13-18H2,1H3,(H,27,30);4*1H4. The number of carbonyl (C=O) groups excluding carboxylic acids is 4. The van der Waals surface area contributed by atoms with Crippen molar-refractivity contribution in [2.24, 2.45) is 0 Å². The Bertz CT molecular complexity index is 5470. The molecule has 8 amide bonds. The zero-order valence-electron chi connectivity index (χ0n) is 75.0. The van der Waals surface area contributed by atoms with Gasteiger partial charge in [0.2, 0.25) is 0 Å². The third-order valence-corrected chi connectivity index (χ3v) is 23.8. The third-order valence-electron chi connectivity index (χ3n) is 23.8. The smallest absolute Gasteiger partial charge is 0.322 e. The molecule has 4 aromatic heterocycles. The average molecular weight is 1820 g/mol. The van der Waals surface area contributed by atoms with E-state index < -0.39 is 23.5 Å². The molecule has 16 rings (SSSR count). The highest BCUT2D eigenvalue weighted by molar-refractivity contribution is 5.93. The molecular weight excluding hydrogens is 1680 g/mol. The van der Waals surface area contributed by atoms with Gasteiger partial charge in [-0.05, 0) is 218 Å². The second kappa shape index (κ2) is 52.4. The number of nitrogens with zero attached hydrogens (tertiary/aromatic N) is 8. The number of anilines is 4. The number of ether oxygens (including phenoxy) is 2. The molecule has 4 aliphatic heterocycles. The van der Waals surface area contributed by atoms with Gasteiger partial charge in [0, 0.05) is 109 Å². The number of para-hydroxylation sites is 3. The van der Waals surface area contributed by atoms with E-state index in [-0.39, 0.29) is 89.9 Å². The van der Waals surface area contributed by atoms with Gasteiger partial charge in [-0.2, -0.15) is 0 Å². The maximum Gasteiger partial charge on any atom is 0.322 e. The molecule has 710 valence electrons. The number of benzene rings is 8. The molecule has 133 heavy (non-hydrogen) atoms. The maximum absolute atomic E-state index is 14.1. The van der Waals surface area contributed by atoms with E-state index in [4.69, 9.17) is 27.1 Å². The van der Waals surface area contributed by atoms with Gasteiger partial charge in [-0.15, -0.1) is 0 Å². The van der Waals surface area contributed by atoms with E-state index in [0.29, 0.717) is 54.9 Å². The lowest BCUT2D eigenvalue weighted by molar-refractivity contribution is 0.115. The van der Waals surface area contributed by atoms with Gasteiger partial charge in [0.25, 0.3) is 0 Å². The van der Waals surface area contributed by atoms with Crippen molar-refractivity contribution in [1.29, 1.82) is 0 Å². The summed E-state index contributed by atoms with van der Waals surface area (Å²) in [7, 11) is 1.62. The second-order valence-electron chi connectivity index (χ2n) is 33.5. The van der Waals surface area contributed by atoms with E-state index in [1.807, 2.05) is 179 Å². The van der Waals surface area contributed by atoms with Crippen LogP contribution in [0.15, 0.2) is 272 Å². The quantitative estimate of drug-likeness (QED) is 0.0377. The van der Waals surface area contributed by atoms with E-state index in [0.717, 1.165) is 194 Å². The molecule has 25 heteroatoms. The van der Waals surface area contributed by atoms with Crippen molar-refractivity contribution in [2.45, 2.75) is 199 Å². The highest BCUT2D eigenvalue weighted by atomic mass is 19.1. The van der Waals surface area contributed by atoms with Crippen LogP contribution in [0.4, 0.5) is 55.1 Å². The lowest BCUT2D eigenvalue weighted by atomic mass is 10.0. The Balaban J connectivity index is 0.000000197. The Hall–Kier alpha value is -12.8. The molecular formula is C108H137F3N12O10. The summed E-state index contributed by atoms with van der Waals surface area (Å²) in [6.07, 6.45) is 6.97. The Kier molecular flexibility index (Phi) is 41.0. The summed E-state index contributed by atoms with van der Waals surface area (Å²) in [5.41, 5.74) is 7.65. The number of piperidine rings is 4. The van der Waals surface area contributed by atoms with Gasteiger partial charge in [-0.1, -0.05) is 181 Å². The second-order valence-corrected chi connectivity index (χ2v) is 33.5. The molecule has 0 radical (unpaired) electrons. The number of likely N-dealkylation sites (tertiary alicyclic amines) is 4. The number of hydrogen-bond acceptors (Lipinski definition) is 14. The lowest BCUT2D eigenvalue weighted by Gasteiger charge is -2.38. The molecule has 4 N–H and O–H groups in total. The van der Waals surface area contributed by atoms with Crippen molar-refractivity contribution in [3.05, 3.63) is 346 Å². The van der Waals surface area contributed by atoms with Crippen molar-refractivity contribution >= 4 is 46.9 Å². The van der Waals surface area contributed by atoms with Crippen molar-refractivity contribution in [1.82, 2.24) is 39.2 Å². The first-order valence-corrected chi connectivity index (χ1v) is 44.8. The van der Waals surface area contributed by atoms with Gasteiger partial charge in [-0.25, -0.2) is 32.3 Å². The zero-order chi connectivity index (χ0) is 90.4. The lowest BCUT2D eigenvalue weighted by Crippen LogP contribution is -2.48. The van der Waals surface area contributed by atoms with Gasteiger partial charge in [-0.3, -0.25) is 19.6 Å². The Morgan fingerprint density at radius 1 is 0.331 bits per heavy atom. The number of rotatable bonds is 27. The van der Waals surface area contributed by atoms with E-state index in [2.05, 4.69) is 126 Å². The number of urea groups is 4. The van der Waals surface area contributed by atoms with Crippen LogP contribution in [0.1, 0.15) is 162 Å². The van der Waals surface area contributed by atoms with Crippen LogP contribution in [0.5, 0.6) is 11.5 Å².